The third-order valence-electron chi connectivity index (χ3n) is 6.24. The van der Waals surface area contributed by atoms with Crippen molar-refractivity contribution in [3.05, 3.63) is 52.8 Å². The minimum absolute atomic E-state index is 0.0858. The number of amides is 2. The Hall–Kier alpha value is -3.60. The Balaban J connectivity index is 1.68. The predicted molar refractivity (Wildman–Crippen MR) is 141 cm³/mol. The first-order valence-electron chi connectivity index (χ1n) is 12.5. The Labute approximate surface area is 224 Å². The highest BCUT2D eigenvalue weighted by Gasteiger charge is 2.36. The van der Waals surface area contributed by atoms with Crippen molar-refractivity contribution in [1.82, 2.24) is 10.2 Å². The molecule has 0 bridgehead atoms. The largest absolute Gasteiger partial charge is 0.396 e. The summed E-state index contributed by atoms with van der Waals surface area (Å²) in [6.07, 6.45) is 4.26. The van der Waals surface area contributed by atoms with E-state index in [4.69, 9.17) is 15.3 Å². The molecule has 0 aromatic heterocycles. The zero-order valence-corrected chi connectivity index (χ0v) is 21.8. The van der Waals surface area contributed by atoms with E-state index in [2.05, 4.69) is 21.0 Å². The molecule has 0 radical (unpaired) electrons. The van der Waals surface area contributed by atoms with Crippen LogP contribution in [0.2, 0.25) is 0 Å². The van der Waals surface area contributed by atoms with Crippen LogP contribution in [0.5, 0.6) is 0 Å². The van der Waals surface area contributed by atoms with Gasteiger partial charge in [0, 0.05) is 49.9 Å². The zero-order chi connectivity index (χ0) is 28.6. The molecular weight excluding hydrogens is 515 g/mol. The van der Waals surface area contributed by atoms with E-state index in [1.807, 2.05) is 0 Å². The summed E-state index contributed by atoms with van der Waals surface area (Å²) in [5.74, 6) is -1.35. The third kappa shape index (κ3) is 8.44. The van der Waals surface area contributed by atoms with Gasteiger partial charge in [0.05, 0.1) is 6.61 Å². The van der Waals surface area contributed by atoms with Crippen molar-refractivity contribution in [1.29, 1.82) is 5.41 Å². The number of nitrogens with one attached hydrogen (secondary N) is 2. The van der Waals surface area contributed by atoms with E-state index < -0.39 is 30.8 Å². The average molecular weight is 548 g/mol. The molecule has 2 heterocycles. The number of hydrogen-bond acceptors (Lipinski definition) is 7. The summed E-state index contributed by atoms with van der Waals surface area (Å²) in [4.78, 5) is 35.2. The van der Waals surface area contributed by atoms with Crippen LogP contribution in [-0.4, -0.2) is 84.8 Å². The minimum Gasteiger partial charge on any atom is -0.396 e. The van der Waals surface area contributed by atoms with Crippen molar-refractivity contribution in [2.45, 2.75) is 51.1 Å². The molecule has 3 aliphatic rings. The highest BCUT2D eigenvalue weighted by molar-refractivity contribution is 6.40. The quantitative estimate of drug-likeness (QED) is 0.221. The third-order valence-corrected chi connectivity index (χ3v) is 6.24. The molecule has 3 N–H and O–H groups in total. The zero-order valence-electron chi connectivity index (χ0n) is 21.8. The molecule has 210 valence electrons. The van der Waals surface area contributed by atoms with Crippen LogP contribution in [0, 0.1) is 11.3 Å². The number of carbonyl (C=O) groups excluding carboxylic acids is 2. The maximum Gasteiger partial charge on any atom is 0.389 e. The number of rotatable bonds is 10. The van der Waals surface area contributed by atoms with Crippen LogP contribution in [0.15, 0.2) is 62.8 Å². The van der Waals surface area contributed by atoms with Gasteiger partial charge in [-0.15, -0.1) is 5.73 Å². The molecule has 3 rings (SSSR count). The lowest BCUT2D eigenvalue weighted by Crippen LogP contribution is -2.51. The van der Waals surface area contributed by atoms with Crippen molar-refractivity contribution < 1.29 is 32.6 Å². The fraction of sp³-hybridized carbons (Fsp3) is 0.481. The molecule has 3 atom stereocenters. The number of likely N-dealkylation sites (tertiary alicyclic amines) is 1. The molecule has 3 unspecified atom stereocenters. The molecule has 0 saturated carbocycles. The maximum absolute atomic E-state index is 13.0. The summed E-state index contributed by atoms with van der Waals surface area (Å²) in [7, 11) is 1.49. The number of nitrogens with zero attached hydrogens (tertiary/aromatic N) is 3. The molecule has 1 aliphatic carbocycles. The lowest BCUT2D eigenvalue weighted by molar-refractivity contribution is -0.133. The van der Waals surface area contributed by atoms with Gasteiger partial charge in [0.1, 0.15) is 17.6 Å². The van der Waals surface area contributed by atoms with Crippen molar-refractivity contribution in [2.75, 3.05) is 26.8 Å². The fourth-order valence-corrected chi connectivity index (χ4v) is 4.24. The number of hydrogen-bond donors (Lipinski definition) is 3. The molecular formula is C27H32F3N5O4. The molecule has 0 aromatic carbocycles. The van der Waals surface area contributed by atoms with Gasteiger partial charge in [-0.1, -0.05) is 24.3 Å². The Bertz CT molecular complexity index is 1190. The van der Waals surface area contributed by atoms with Crippen LogP contribution in [0.25, 0.3) is 0 Å². The summed E-state index contributed by atoms with van der Waals surface area (Å²) in [6.45, 7) is 1.89. The van der Waals surface area contributed by atoms with Crippen LogP contribution in [0.1, 0.15) is 32.6 Å². The number of carbonyl (C=O) groups is 2. The van der Waals surface area contributed by atoms with Crippen molar-refractivity contribution in [3.63, 3.8) is 0 Å². The second kappa shape index (κ2) is 13.5. The summed E-state index contributed by atoms with van der Waals surface area (Å²) in [6, 6.07) is -0.971. The van der Waals surface area contributed by atoms with Crippen molar-refractivity contribution >= 4 is 29.6 Å². The first-order chi connectivity index (χ1) is 18.5. The second-order valence-corrected chi connectivity index (χ2v) is 9.27. The summed E-state index contributed by atoms with van der Waals surface area (Å²) in [5.41, 5.74) is 5.08. The van der Waals surface area contributed by atoms with E-state index in [9.17, 15) is 22.8 Å². The summed E-state index contributed by atoms with van der Waals surface area (Å²) >= 11 is 0. The first kappa shape index (κ1) is 29.9. The van der Waals surface area contributed by atoms with Gasteiger partial charge < -0.3 is 15.2 Å². The molecule has 1 fully saturated rings. The number of allylic oxidation sites excluding steroid dienone is 5. The lowest BCUT2D eigenvalue weighted by Gasteiger charge is -2.23. The second-order valence-electron chi connectivity index (χ2n) is 9.27. The SMILES string of the molecule is CN=CC(NC(=O)C1=NC(C2=CC(C=CCCC(F)(F)F)=C=C(C)C=C2)OC1)C(=N)N1CCC(CCO)C1=O. The smallest absolute Gasteiger partial charge is 0.389 e. The Morgan fingerprint density at radius 2 is 2.21 bits per heavy atom. The number of aliphatic hydroxyl groups excluding tert-OH is 1. The molecule has 12 heteroatoms. The van der Waals surface area contributed by atoms with Gasteiger partial charge in [0.25, 0.3) is 5.91 Å². The van der Waals surface area contributed by atoms with Crippen molar-refractivity contribution in [2.24, 2.45) is 15.9 Å². The minimum atomic E-state index is -4.23. The van der Waals surface area contributed by atoms with E-state index in [1.54, 1.807) is 31.2 Å². The van der Waals surface area contributed by atoms with Gasteiger partial charge in [0.15, 0.2) is 6.23 Å². The number of amidine groups is 1. The number of ether oxygens (including phenoxy) is 1. The van der Waals surface area contributed by atoms with E-state index in [0.717, 1.165) is 5.57 Å². The lowest BCUT2D eigenvalue weighted by atomic mass is 10.1. The Kier molecular flexibility index (Phi) is 10.3. The number of alkyl halides is 3. The maximum atomic E-state index is 13.0. The van der Waals surface area contributed by atoms with Gasteiger partial charge in [-0.2, -0.15) is 13.2 Å². The Morgan fingerprint density at radius 3 is 2.90 bits per heavy atom. The number of halogens is 3. The van der Waals surface area contributed by atoms with Crippen LogP contribution in [-0.2, 0) is 14.3 Å². The van der Waals surface area contributed by atoms with Gasteiger partial charge >= 0.3 is 6.18 Å². The van der Waals surface area contributed by atoms with E-state index in [0.29, 0.717) is 30.5 Å². The van der Waals surface area contributed by atoms with E-state index >= 15 is 0 Å². The molecule has 0 aromatic rings. The van der Waals surface area contributed by atoms with Gasteiger partial charge in [0.2, 0.25) is 5.91 Å². The number of aliphatic imine (C=N–C) groups is 2. The summed E-state index contributed by atoms with van der Waals surface area (Å²) in [5, 5.41) is 20.3. The van der Waals surface area contributed by atoms with E-state index in [1.165, 1.54) is 24.2 Å². The van der Waals surface area contributed by atoms with Crippen LogP contribution >= 0.6 is 0 Å². The van der Waals surface area contributed by atoms with Crippen LogP contribution in [0.3, 0.4) is 0 Å². The molecule has 2 amide bonds. The van der Waals surface area contributed by atoms with Crippen LogP contribution in [0.4, 0.5) is 13.2 Å². The molecule has 0 spiro atoms. The normalized spacial score (nSPS) is 22.6. The van der Waals surface area contributed by atoms with Gasteiger partial charge in [-0.25, -0.2) is 4.99 Å². The van der Waals surface area contributed by atoms with E-state index in [-0.39, 0.29) is 43.0 Å². The highest BCUT2D eigenvalue weighted by Crippen LogP contribution is 2.24. The fourth-order valence-electron chi connectivity index (χ4n) is 4.24. The monoisotopic (exact) mass is 547 g/mol. The average Bonchev–Trinajstić information content (AvgIpc) is 3.45. The van der Waals surface area contributed by atoms with Gasteiger partial charge in [-0.05, 0) is 37.8 Å². The molecule has 39 heavy (non-hydrogen) atoms. The molecule has 1 saturated heterocycles. The van der Waals surface area contributed by atoms with Crippen LogP contribution < -0.4 is 5.32 Å². The highest BCUT2D eigenvalue weighted by atomic mass is 19.4. The standard InChI is InChI=1S/C27H32F3N5O4/c1-17-6-7-20(14-18(13-17)5-3-4-10-27(28,29)30)25-34-22(16-39-25)24(37)33-21(15-32-2)23(31)35-11-8-19(9-12-36)26(35)38/h3,5-7,14-15,19,21,25,31,36H,4,8-12,16H2,1-2H3,(H,33,37). The number of aliphatic hydroxyl groups is 1. The van der Waals surface area contributed by atoms with Gasteiger partial charge in [-0.3, -0.25) is 24.9 Å². The molecule has 2 aliphatic heterocycles. The summed E-state index contributed by atoms with van der Waals surface area (Å²) < 4.78 is 43.0. The molecule has 9 nitrogen and oxygen atoms in total. The Morgan fingerprint density at radius 1 is 1.44 bits per heavy atom. The topological polar surface area (TPSA) is 127 Å². The first-order valence-corrected chi connectivity index (χ1v) is 12.5. The van der Waals surface area contributed by atoms with Crippen molar-refractivity contribution in [3.8, 4) is 0 Å². The predicted octanol–water partition coefficient (Wildman–Crippen LogP) is 3.04.